The third-order valence-electron chi connectivity index (χ3n) is 6.97. The van der Waals surface area contributed by atoms with Crippen molar-refractivity contribution in [2.45, 2.75) is 44.7 Å². The molecule has 0 radical (unpaired) electrons. The molecular weight excluding hydrogens is 429 g/mol. The molecule has 7 nitrogen and oxygen atoms in total. The lowest BCUT2D eigenvalue weighted by atomic mass is 10.0. The van der Waals surface area contributed by atoms with Crippen molar-refractivity contribution in [3.63, 3.8) is 0 Å². The zero-order chi connectivity index (χ0) is 23.7. The molecule has 2 fully saturated rings. The van der Waals surface area contributed by atoms with Gasteiger partial charge >= 0.3 is 0 Å². The zero-order valence-corrected chi connectivity index (χ0v) is 19.6. The number of nitrogens with zero attached hydrogens (tertiary/aromatic N) is 5. The Balaban J connectivity index is 1.27. The van der Waals surface area contributed by atoms with E-state index < -0.39 is 6.17 Å². The number of hydrogen-bond acceptors (Lipinski definition) is 7. The summed E-state index contributed by atoms with van der Waals surface area (Å²) in [5.74, 6) is 0. The Morgan fingerprint density at radius 3 is 2.62 bits per heavy atom. The first-order valence-corrected chi connectivity index (χ1v) is 11.9. The number of anilines is 2. The molecule has 0 aliphatic carbocycles. The monoisotopic (exact) mass is 459 g/mol. The van der Waals surface area contributed by atoms with Crippen molar-refractivity contribution in [3.05, 3.63) is 60.0 Å². The quantitative estimate of drug-likeness (QED) is 0.606. The van der Waals surface area contributed by atoms with Crippen LogP contribution in [0.3, 0.4) is 0 Å². The molecule has 4 heterocycles. The molecule has 4 atom stereocenters. The number of halogens is 1. The summed E-state index contributed by atoms with van der Waals surface area (Å²) in [5, 5.41) is 16.8. The van der Waals surface area contributed by atoms with Crippen molar-refractivity contribution in [1.82, 2.24) is 20.2 Å². The van der Waals surface area contributed by atoms with Gasteiger partial charge < -0.3 is 15.5 Å². The molecular formula is C26H30FN7. The third-order valence-corrected chi connectivity index (χ3v) is 6.97. The highest BCUT2D eigenvalue weighted by Gasteiger charge is 2.31. The van der Waals surface area contributed by atoms with Crippen molar-refractivity contribution in [1.29, 1.82) is 5.26 Å². The van der Waals surface area contributed by atoms with Crippen LogP contribution in [-0.4, -0.2) is 65.3 Å². The maximum absolute atomic E-state index is 13.9. The molecule has 0 saturated carbocycles. The normalized spacial score (nSPS) is 25.4. The summed E-state index contributed by atoms with van der Waals surface area (Å²) < 4.78 is 13.9. The van der Waals surface area contributed by atoms with E-state index in [1.165, 1.54) is 0 Å². The average Bonchev–Trinajstić information content (AvgIpc) is 3.25. The first-order valence-electron chi connectivity index (χ1n) is 11.9. The van der Waals surface area contributed by atoms with E-state index in [0.29, 0.717) is 30.7 Å². The van der Waals surface area contributed by atoms with Gasteiger partial charge in [0.2, 0.25) is 0 Å². The number of nitrogens with one attached hydrogen (secondary N) is 2. The van der Waals surface area contributed by atoms with Crippen molar-refractivity contribution >= 4 is 22.3 Å². The molecule has 1 aromatic carbocycles. The van der Waals surface area contributed by atoms with Crippen LogP contribution in [0, 0.1) is 11.3 Å². The average molecular weight is 460 g/mol. The first-order chi connectivity index (χ1) is 16.5. The SMILES string of the molecule is CC1CN(c2ccc(C#N)c3ncccc23)CC(C)N1Cc1ccc(NC2CNCC2F)cn1. The fourth-order valence-corrected chi connectivity index (χ4v) is 5.18. The molecule has 5 rings (SSSR count). The number of fused-ring (bicyclic) bond motifs is 1. The van der Waals surface area contributed by atoms with Gasteiger partial charge in [-0.1, -0.05) is 0 Å². The lowest BCUT2D eigenvalue weighted by Gasteiger charge is -2.45. The lowest BCUT2D eigenvalue weighted by Crippen LogP contribution is -2.56. The molecule has 2 saturated heterocycles. The number of benzene rings is 1. The van der Waals surface area contributed by atoms with Gasteiger partial charge in [-0.2, -0.15) is 5.26 Å². The van der Waals surface area contributed by atoms with Crippen molar-refractivity contribution in [2.75, 3.05) is 36.4 Å². The van der Waals surface area contributed by atoms with Crippen LogP contribution in [0.2, 0.25) is 0 Å². The number of alkyl halides is 1. The van der Waals surface area contributed by atoms with Crippen molar-refractivity contribution in [3.8, 4) is 6.07 Å². The lowest BCUT2D eigenvalue weighted by molar-refractivity contribution is 0.121. The predicted octanol–water partition coefficient (Wildman–Crippen LogP) is 3.32. The molecule has 2 aliphatic heterocycles. The minimum atomic E-state index is -0.873. The maximum Gasteiger partial charge on any atom is 0.134 e. The second-order valence-electron chi connectivity index (χ2n) is 9.38. The summed E-state index contributed by atoms with van der Waals surface area (Å²) in [7, 11) is 0. The molecule has 8 heteroatoms. The molecule has 2 N–H and O–H groups in total. The maximum atomic E-state index is 13.9. The molecule has 0 spiro atoms. The second kappa shape index (κ2) is 9.53. The molecule has 2 aromatic heterocycles. The summed E-state index contributed by atoms with van der Waals surface area (Å²) in [5.41, 5.74) is 4.35. The highest BCUT2D eigenvalue weighted by molar-refractivity contribution is 5.95. The fourth-order valence-electron chi connectivity index (χ4n) is 5.18. The van der Waals surface area contributed by atoms with E-state index in [1.807, 2.05) is 42.6 Å². The molecule has 2 aliphatic rings. The van der Waals surface area contributed by atoms with E-state index in [0.717, 1.165) is 47.6 Å². The van der Waals surface area contributed by atoms with Crippen LogP contribution in [0.4, 0.5) is 15.8 Å². The summed E-state index contributed by atoms with van der Waals surface area (Å²) in [4.78, 5) is 14.0. The molecule has 4 unspecified atom stereocenters. The van der Waals surface area contributed by atoms with Crippen LogP contribution >= 0.6 is 0 Å². The van der Waals surface area contributed by atoms with Gasteiger partial charge in [-0.05, 0) is 50.2 Å². The zero-order valence-electron chi connectivity index (χ0n) is 19.6. The predicted molar refractivity (Wildman–Crippen MR) is 133 cm³/mol. The highest BCUT2D eigenvalue weighted by atomic mass is 19.1. The van der Waals surface area contributed by atoms with Crippen LogP contribution in [0.15, 0.2) is 48.8 Å². The number of pyridine rings is 2. The summed E-state index contributed by atoms with van der Waals surface area (Å²) >= 11 is 0. The van der Waals surface area contributed by atoms with Gasteiger partial charge in [-0.25, -0.2) is 4.39 Å². The number of nitriles is 1. The van der Waals surface area contributed by atoms with Crippen molar-refractivity contribution < 1.29 is 4.39 Å². The van der Waals surface area contributed by atoms with Crippen LogP contribution in [-0.2, 0) is 6.54 Å². The van der Waals surface area contributed by atoms with Gasteiger partial charge in [0.1, 0.15) is 12.2 Å². The molecule has 0 amide bonds. The van der Waals surface area contributed by atoms with E-state index in [2.05, 4.69) is 50.3 Å². The molecule has 176 valence electrons. The second-order valence-corrected chi connectivity index (χ2v) is 9.38. The van der Waals surface area contributed by atoms with Gasteiger partial charge in [-0.3, -0.25) is 14.9 Å². The minimum Gasteiger partial charge on any atom is -0.377 e. The van der Waals surface area contributed by atoms with Crippen molar-refractivity contribution in [2.24, 2.45) is 0 Å². The van der Waals surface area contributed by atoms with Gasteiger partial charge in [0.15, 0.2) is 0 Å². The Bertz CT molecular complexity index is 1180. The minimum absolute atomic E-state index is 0.200. The van der Waals surface area contributed by atoms with Crippen LogP contribution in [0.25, 0.3) is 10.9 Å². The number of piperazine rings is 1. The smallest absolute Gasteiger partial charge is 0.134 e. The Hall–Kier alpha value is -3.28. The first kappa shape index (κ1) is 22.5. The largest absolute Gasteiger partial charge is 0.377 e. The fraction of sp³-hybridized carbons (Fsp3) is 0.423. The van der Waals surface area contributed by atoms with E-state index >= 15 is 0 Å². The number of rotatable bonds is 5. The summed E-state index contributed by atoms with van der Waals surface area (Å²) in [6.45, 7) is 8.06. The Morgan fingerprint density at radius 2 is 1.94 bits per heavy atom. The van der Waals surface area contributed by atoms with E-state index in [9.17, 15) is 9.65 Å². The van der Waals surface area contributed by atoms with Crippen LogP contribution in [0.1, 0.15) is 25.1 Å². The Kier molecular flexibility index (Phi) is 6.31. The topological polar surface area (TPSA) is 80.1 Å². The Labute approximate surface area is 199 Å². The Morgan fingerprint density at radius 1 is 1.12 bits per heavy atom. The highest BCUT2D eigenvalue weighted by Crippen LogP contribution is 2.31. The van der Waals surface area contributed by atoms with E-state index in [-0.39, 0.29) is 6.04 Å². The number of hydrogen-bond donors (Lipinski definition) is 2. The molecule has 0 bridgehead atoms. The van der Waals surface area contributed by atoms with Gasteiger partial charge in [0.25, 0.3) is 0 Å². The van der Waals surface area contributed by atoms with Gasteiger partial charge in [-0.15, -0.1) is 0 Å². The summed E-state index contributed by atoms with van der Waals surface area (Å²) in [6.07, 6.45) is 2.67. The van der Waals surface area contributed by atoms with Crippen LogP contribution in [0.5, 0.6) is 0 Å². The van der Waals surface area contributed by atoms with E-state index in [4.69, 9.17) is 0 Å². The van der Waals surface area contributed by atoms with Gasteiger partial charge in [0.05, 0.1) is 34.7 Å². The third kappa shape index (κ3) is 4.41. The van der Waals surface area contributed by atoms with E-state index in [1.54, 1.807) is 6.20 Å². The van der Waals surface area contributed by atoms with Crippen LogP contribution < -0.4 is 15.5 Å². The summed E-state index contributed by atoms with van der Waals surface area (Å²) in [6, 6.07) is 14.6. The number of aromatic nitrogens is 2. The van der Waals surface area contributed by atoms with Gasteiger partial charge in [0, 0.05) is 62.1 Å². The standard InChI is InChI=1S/C26H30FN7/c1-17-14-33(25-8-5-19(10-28)26-22(25)4-3-9-30-26)15-18(2)34(17)16-21-7-6-20(11-31-21)32-24-13-29-12-23(24)27/h3-9,11,17-18,23-24,29,32H,12-16H2,1-2H3. The molecule has 3 aromatic rings. The molecule has 34 heavy (non-hydrogen) atoms.